The SMILES string of the molecule is CO.F.F.N. The minimum absolute atomic E-state index is 0. The van der Waals surface area contributed by atoms with E-state index in [1.54, 1.807) is 0 Å². The summed E-state index contributed by atoms with van der Waals surface area (Å²) in [6.45, 7) is 0. The van der Waals surface area contributed by atoms with Gasteiger partial charge >= 0.3 is 0 Å². The van der Waals surface area contributed by atoms with Crippen molar-refractivity contribution in [2.24, 2.45) is 0 Å². The molecule has 5 heavy (non-hydrogen) atoms. The van der Waals surface area contributed by atoms with Gasteiger partial charge in [0.15, 0.2) is 0 Å². The van der Waals surface area contributed by atoms with Crippen LogP contribution in [0.25, 0.3) is 0 Å². The summed E-state index contributed by atoms with van der Waals surface area (Å²) >= 11 is 0. The lowest BCUT2D eigenvalue weighted by molar-refractivity contribution is 0.399. The van der Waals surface area contributed by atoms with Crippen molar-refractivity contribution in [3.63, 3.8) is 0 Å². The maximum Gasteiger partial charge on any atom is 0.0319 e. The Morgan fingerprint density at radius 1 is 1.00 bits per heavy atom. The minimum atomic E-state index is 0. The van der Waals surface area contributed by atoms with E-state index in [4.69, 9.17) is 5.11 Å². The summed E-state index contributed by atoms with van der Waals surface area (Å²) in [5.74, 6) is 0. The van der Waals surface area contributed by atoms with Crippen molar-refractivity contribution in [1.82, 2.24) is 6.15 Å². The van der Waals surface area contributed by atoms with Gasteiger partial charge in [-0.3, -0.25) is 9.41 Å². The summed E-state index contributed by atoms with van der Waals surface area (Å²) < 4.78 is 0. The van der Waals surface area contributed by atoms with Crippen LogP contribution < -0.4 is 6.15 Å². The highest BCUT2D eigenvalue weighted by Gasteiger charge is 0.839. The molecule has 0 aromatic heterocycles. The molecule has 0 atom stereocenters. The Kier molecular flexibility index (Phi) is 13600. The molecule has 0 saturated carbocycles. The van der Waals surface area contributed by atoms with Gasteiger partial charge in [0.25, 0.3) is 0 Å². The molecule has 0 fully saturated rings. The Morgan fingerprint density at radius 2 is 1.00 bits per heavy atom. The third kappa shape index (κ3) is 247. The van der Waals surface area contributed by atoms with Gasteiger partial charge in [-0.2, -0.15) is 0 Å². The fraction of sp³-hybridized carbons (Fsp3) is 1.00. The number of aliphatic hydroxyl groups excluding tert-OH is 1. The van der Waals surface area contributed by atoms with Crippen LogP contribution in [0.4, 0.5) is 9.41 Å². The van der Waals surface area contributed by atoms with Crippen molar-refractivity contribution in [1.29, 1.82) is 0 Å². The van der Waals surface area contributed by atoms with Gasteiger partial charge < -0.3 is 11.3 Å². The fourth-order valence-electron chi connectivity index (χ4n) is 0. The summed E-state index contributed by atoms with van der Waals surface area (Å²) in [7, 11) is 1.00. The van der Waals surface area contributed by atoms with E-state index >= 15 is 0 Å². The lowest BCUT2D eigenvalue weighted by atomic mass is 11.8. The first-order valence-corrected chi connectivity index (χ1v) is 0.447. The maximum absolute atomic E-state index is 7.00. The lowest BCUT2D eigenvalue weighted by Gasteiger charge is -1.21. The third-order valence-electron chi connectivity index (χ3n) is 0. The average Bonchev–Trinajstić information content (AvgIpc) is 1.00. The van der Waals surface area contributed by atoms with E-state index in [1.165, 1.54) is 0 Å². The van der Waals surface area contributed by atoms with Gasteiger partial charge in [0.05, 0.1) is 0 Å². The highest BCUT2D eigenvalue weighted by atomic mass is 19.0. The predicted octanol–water partition coefficient (Wildman–Crippen LogP) is 0.0755. The van der Waals surface area contributed by atoms with Gasteiger partial charge in [-0.1, -0.05) is 0 Å². The topological polar surface area (TPSA) is 55.2 Å². The number of halogens is 2. The summed E-state index contributed by atoms with van der Waals surface area (Å²) in [5.41, 5.74) is 0. The molecule has 0 saturated heterocycles. The zero-order chi connectivity index (χ0) is 2.00. The average molecular weight is 89.1 g/mol. The maximum atomic E-state index is 7.00. The third-order valence-corrected chi connectivity index (χ3v) is 0. The number of aliphatic hydroxyl groups is 1. The van der Waals surface area contributed by atoms with Crippen LogP contribution >= 0.6 is 0 Å². The van der Waals surface area contributed by atoms with Crippen LogP contribution in [-0.2, 0) is 0 Å². The molecule has 38 valence electrons. The monoisotopic (exact) mass is 89.1 g/mol. The van der Waals surface area contributed by atoms with Crippen molar-refractivity contribution < 1.29 is 14.5 Å². The molecule has 4 heteroatoms. The van der Waals surface area contributed by atoms with Crippen molar-refractivity contribution in [3.05, 3.63) is 0 Å². The number of rotatable bonds is 0. The van der Waals surface area contributed by atoms with Gasteiger partial charge in [0.1, 0.15) is 0 Å². The van der Waals surface area contributed by atoms with E-state index in [0.717, 1.165) is 7.11 Å². The van der Waals surface area contributed by atoms with E-state index in [9.17, 15) is 0 Å². The normalized spacial score (nSPS) is 1.20. The molecule has 0 aliphatic carbocycles. The van der Waals surface area contributed by atoms with Crippen molar-refractivity contribution >= 4 is 0 Å². The second kappa shape index (κ2) is 604. The first kappa shape index (κ1) is 112. The quantitative estimate of drug-likeness (QED) is 0.441. The zero-order valence-electron chi connectivity index (χ0n) is 2.97. The van der Waals surface area contributed by atoms with Crippen LogP contribution in [0.15, 0.2) is 0 Å². The van der Waals surface area contributed by atoms with E-state index < -0.39 is 0 Å². The van der Waals surface area contributed by atoms with Crippen molar-refractivity contribution in [3.8, 4) is 0 Å². The zero-order valence-corrected chi connectivity index (χ0v) is 2.97. The van der Waals surface area contributed by atoms with E-state index in [0.29, 0.717) is 0 Å². The van der Waals surface area contributed by atoms with Crippen LogP contribution in [-0.4, -0.2) is 12.2 Å². The van der Waals surface area contributed by atoms with Crippen LogP contribution in [0.1, 0.15) is 0 Å². The Balaban J connectivity index is -0.00000000167. The molecule has 0 aromatic rings. The van der Waals surface area contributed by atoms with Crippen LogP contribution in [0.3, 0.4) is 0 Å². The number of hydrogen-bond acceptors (Lipinski definition) is 2. The van der Waals surface area contributed by atoms with E-state index in [2.05, 4.69) is 0 Å². The summed E-state index contributed by atoms with van der Waals surface area (Å²) in [6.07, 6.45) is 0. The molecule has 0 aliphatic rings. The highest BCUT2D eigenvalue weighted by Crippen LogP contribution is 0.755. The number of hydrogen-bond donors (Lipinski definition) is 2. The molecular formula is CH9F2NO. The van der Waals surface area contributed by atoms with Gasteiger partial charge in [0, 0.05) is 7.11 Å². The molecule has 0 rings (SSSR count). The second-order valence-electron chi connectivity index (χ2n) is 0. The fourth-order valence-corrected chi connectivity index (χ4v) is 0. The molecule has 0 spiro atoms. The Labute approximate surface area is 29.1 Å². The van der Waals surface area contributed by atoms with Crippen LogP contribution in [0, 0.1) is 0 Å². The van der Waals surface area contributed by atoms with Crippen LogP contribution in [0.2, 0.25) is 0 Å². The molecule has 0 amide bonds. The van der Waals surface area contributed by atoms with E-state index in [1.807, 2.05) is 0 Å². The van der Waals surface area contributed by atoms with Crippen molar-refractivity contribution in [2.75, 3.05) is 7.11 Å². The summed E-state index contributed by atoms with van der Waals surface area (Å²) in [6, 6.07) is 0. The Bertz CT molecular complexity index is 9.61. The Morgan fingerprint density at radius 3 is 1.00 bits per heavy atom. The molecular weight excluding hydrogens is 80.0 g/mol. The van der Waals surface area contributed by atoms with Gasteiger partial charge in [-0.25, -0.2) is 0 Å². The first-order chi connectivity index (χ1) is 1.00. The standard InChI is InChI=1S/CH4O.2FH.H3N/c1-2;;;/h2H,1H3;2*1H;1H3. The second-order valence-corrected chi connectivity index (χ2v) is 0. The highest BCUT2D eigenvalue weighted by molar-refractivity contribution is 3.18. The molecule has 2 nitrogen and oxygen atoms in total. The van der Waals surface area contributed by atoms with Crippen LogP contribution in [0.5, 0.6) is 0 Å². The lowest BCUT2D eigenvalue weighted by Crippen LogP contribution is -1.25. The smallest absolute Gasteiger partial charge is 0.0319 e. The molecule has 0 bridgehead atoms. The first-order valence-electron chi connectivity index (χ1n) is 0.447. The summed E-state index contributed by atoms with van der Waals surface area (Å²) in [4.78, 5) is 0. The molecule has 0 heterocycles. The van der Waals surface area contributed by atoms with E-state index in [-0.39, 0.29) is 15.6 Å². The van der Waals surface area contributed by atoms with Gasteiger partial charge in [-0.05, 0) is 0 Å². The molecule has 4 N–H and O–H groups in total. The molecule has 0 unspecified atom stereocenters. The van der Waals surface area contributed by atoms with Gasteiger partial charge in [-0.15, -0.1) is 0 Å². The minimum Gasteiger partial charge on any atom is -0.400 e. The van der Waals surface area contributed by atoms with Gasteiger partial charge in [0.2, 0.25) is 0 Å². The Hall–Kier alpha value is -0.220. The molecule has 0 radical (unpaired) electrons. The molecule has 0 aromatic carbocycles. The molecule has 0 aliphatic heterocycles. The summed E-state index contributed by atoms with van der Waals surface area (Å²) in [5, 5.41) is 7.00. The predicted molar refractivity (Wildman–Crippen MR) is 18.2 cm³/mol. The largest absolute Gasteiger partial charge is 0.400 e. The van der Waals surface area contributed by atoms with Crippen molar-refractivity contribution in [2.45, 2.75) is 0 Å².